The molecule has 0 aliphatic rings. The zero-order valence-corrected chi connectivity index (χ0v) is 14.1. The van der Waals surface area contributed by atoms with Gasteiger partial charge < -0.3 is 15.8 Å². The molecule has 106 valence electrons. The maximum Gasteiger partial charge on any atom is 0.323 e. The molecule has 0 spiro atoms. The first-order valence-corrected chi connectivity index (χ1v) is 7.43. The first-order valence-electron chi connectivity index (χ1n) is 5.85. The molecule has 8 heteroatoms. The van der Waals surface area contributed by atoms with E-state index < -0.39 is 0 Å². The predicted octanol–water partition coefficient (Wildman–Crippen LogP) is 3.51. The van der Waals surface area contributed by atoms with E-state index in [4.69, 9.17) is 10.5 Å². The number of nitrogens with one attached hydrogen (secondary N) is 1. The minimum atomic E-state index is -0.0418. The number of nitrogen functional groups attached to an aromatic ring is 1. The summed E-state index contributed by atoms with van der Waals surface area (Å²) in [5.41, 5.74) is 6.46. The van der Waals surface area contributed by atoms with Gasteiger partial charge in [-0.25, -0.2) is 0 Å². The van der Waals surface area contributed by atoms with Gasteiger partial charge in [0.15, 0.2) is 0 Å². The van der Waals surface area contributed by atoms with Crippen molar-refractivity contribution >= 4 is 49.4 Å². The second kappa shape index (κ2) is 6.36. The van der Waals surface area contributed by atoms with E-state index in [0.29, 0.717) is 5.95 Å². The van der Waals surface area contributed by atoms with E-state index >= 15 is 0 Å². The molecule has 0 aliphatic heterocycles. The quantitative estimate of drug-likeness (QED) is 0.813. The second-order valence-electron chi connectivity index (χ2n) is 4.19. The minimum Gasteiger partial charge on any atom is -0.461 e. The van der Waals surface area contributed by atoms with Crippen molar-refractivity contribution in [3.05, 3.63) is 27.1 Å². The van der Waals surface area contributed by atoms with Crippen molar-refractivity contribution in [1.29, 1.82) is 0 Å². The van der Waals surface area contributed by atoms with Gasteiger partial charge in [0.25, 0.3) is 0 Å². The minimum absolute atomic E-state index is 0.0418. The molecule has 0 unspecified atom stereocenters. The third kappa shape index (κ3) is 3.80. The molecular formula is C12H13Br2N5O. The summed E-state index contributed by atoms with van der Waals surface area (Å²) in [6.45, 7) is 3.77. The van der Waals surface area contributed by atoms with Crippen LogP contribution in [0, 0.1) is 0 Å². The van der Waals surface area contributed by atoms with Crippen LogP contribution in [0.5, 0.6) is 6.01 Å². The summed E-state index contributed by atoms with van der Waals surface area (Å²) in [5.74, 6) is 0.419. The van der Waals surface area contributed by atoms with Crippen LogP contribution < -0.4 is 15.8 Å². The van der Waals surface area contributed by atoms with Crippen molar-refractivity contribution in [3.63, 3.8) is 0 Å². The van der Waals surface area contributed by atoms with Crippen LogP contribution in [0.3, 0.4) is 0 Å². The van der Waals surface area contributed by atoms with E-state index in [1.54, 1.807) is 0 Å². The number of aromatic nitrogens is 3. The van der Waals surface area contributed by atoms with E-state index in [2.05, 4.69) is 52.1 Å². The Labute approximate surface area is 133 Å². The zero-order chi connectivity index (χ0) is 14.7. The molecule has 1 aromatic heterocycles. The number of hydrogen-bond donors (Lipinski definition) is 2. The van der Waals surface area contributed by atoms with Gasteiger partial charge in [0.2, 0.25) is 11.9 Å². The highest BCUT2D eigenvalue weighted by Crippen LogP contribution is 2.32. The van der Waals surface area contributed by atoms with Crippen LogP contribution in [0.25, 0.3) is 0 Å². The average Bonchev–Trinajstić information content (AvgIpc) is 2.32. The molecule has 1 aromatic carbocycles. The van der Waals surface area contributed by atoms with Gasteiger partial charge in [-0.1, -0.05) is 6.07 Å². The fourth-order valence-electron chi connectivity index (χ4n) is 1.42. The van der Waals surface area contributed by atoms with Gasteiger partial charge in [0, 0.05) is 8.95 Å². The van der Waals surface area contributed by atoms with Gasteiger partial charge in [-0.05, 0) is 57.8 Å². The van der Waals surface area contributed by atoms with Crippen molar-refractivity contribution in [2.24, 2.45) is 0 Å². The lowest BCUT2D eigenvalue weighted by atomic mass is 10.3. The Morgan fingerprint density at radius 2 is 1.80 bits per heavy atom. The maximum atomic E-state index is 5.66. The normalized spacial score (nSPS) is 10.7. The molecule has 0 saturated heterocycles. The van der Waals surface area contributed by atoms with Crippen molar-refractivity contribution < 1.29 is 4.74 Å². The molecule has 0 atom stereocenters. The number of halogens is 2. The fourth-order valence-corrected chi connectivity index (χ4v) is 2.62. The summed E-state index contributed by atoms with van der Waals surface area (Å²) in [4.78, 5) is 12.1. The standard InChI is InChI=1S/C12H13Br2N5O/c1-6(2)20-12-18-10(15)17-11(19-12)16-9-7(13)4-3-5-8(9)14/h3-6H,1-2H3,(H3,15,16,17,18,19). The van der Waals surface area contributed by atoms with Crippen LogP contribution in [0.1, 0.15) is 13.8 Å². The Kier molecular flexibility index (Phi) is 4.77. The highest BCUT2D eigenvalue weighted by Gasteiger charge is 2.10. The number of benzene rings is 1. The van der Waals surface area contributed by atoms with Crippen LogP contribution in [-0.2, 0) is 0 Å². The van der Waals surface area contributed by atoms with Gasteiger partial charge in [-0.3, -0.25) is 0 Å². The van der Waals surface area contributed by atoms with Crippen LogP contribution >= 0.6 is 31.9 Å². The molecule has 20 heavy (non-hydrogen) atoms. The van der Waals surface area contributed by atoms with Gasteiger partial charge in [0.05, 0.1) is 11.8 Å². The van der Waals surface area contributed by atoms with E-state index in [1.807, 2.05) is 32.0 Å². The van der Waals surface area contributed by atoms with E-state index in [-0.39, 0.29) is 18.1 Å². The molecule has 0 saturated carbocycles. The van der Waals surface area contributed by atoms with Gasteiger partial charge >= 0.3 is 6.01 Å². The molecule has 0 aliphatic carbocycles. The number of nitrogens with zero attached hydrogens (tertiary/aromatic N) is 3. The van der Waals surface area contributed by atoms with E-state index in [0.717, 1.165) is 14.6 Å². The summed E-state index contributed by atoms with van der Waals surface area (Å²) >= 11 is 6.91. The Balaban J connectivity index is 2.31. The Morgan fingerprint density at radius 3 is 2.40 bits per heavy atom. The first-order chi connectivity index (χ1) is 9.45. The highest BCUT2D eigenvalue weighted by atomic mass is 79.9. The zero-order valence-electron chi connectivity index (χ0n) is 10.9. The van der Waals surface area contributed by atoms with E-state index in [9.17, 15) is 0 Å². The predicted molar refractivity (Wildman–Crippen MR) is 85.1 cm³/mol. The van der Waals surface area contributed by atoms with Crippen LogP contribution in [-0.4, -0.2) is 21.1 Å². The average molecular weight is 403 g/mol. The van der Waals surface area contributed by atoms with Gasteiger partial charge in [-0.2, -0.15) is 15.0 Å². The van der Waals surface area contributed by atoms with Crippen molar-refractivity contribution in [3.8, 4) is 6.01 Å². The summed E-state index contributed by atoms with van der Waals surface area (Å²) < 4.78 is 7.17. The van der Waals surface area contributed by atoms with Crippen LogP contribution in [0.2, 0.25) is 0 Å². The summed E-state index contributed by atoms with van der Waals surface area (Å²) in [6.07, 6.45) is -0.0418. The largest absolute Gasteiger partial charge is 0.461 e. The van der Waals surface area contributed by atoms with Crippen molar-refractivity contribution in [2.45, 2.75) is 20.0 Å². The number of anilines is 3. The van der Waals surface area contributed by atoms with Crippen molar-refractivity contribution in [2.75, 3.05) is 11.1 Å². The molecule has 0 fully saturated rings. The fraction of sp³-hybridized carbons (Fsp3) is 0.250. The third-order valence-electron chi connectivity index (χ3n) is 2.17. The molecule has 0 amide bonds. The van der Waals surface area contributed by atoms with Crippen LogP contribution in [0.4, 0.5) is 17.6 Å². The second-order valence-corrected chi connectivity index (χ2v) is 5.90. The maximum absolute atomic E-state index is 5.66. The topological polar surface area (TPSA) is 86.0 Å². The summed E-state index contributed by atoms with van der Waals surface area (Å²) in [6, 6.07) is 5.92. The lowest BCUT2D eigenvalue weighted by Gasteiger charge is -2.12. The Morgan fingerprint density at radius 1 is 1.15 bits per heavy atom. The number of para-hydroxylation sites is 1. The molecule has 6 nitrogen and oxygen atoms in total. The smallest absolute Gasteiger partial charge is 0.323 e. The lowest BCUT2D eigenvalue weighted by molar-refractivity contribution is 0.222. The molecular weight excluding hydrogens is 390 g/mol. The molecule has 0 radical (unpaired) electrons. The molecule has 3 N–H and O–H groups in total. The van der Waals surface area contributed by atoms with Gasteiger partial charge in [0.1, 0.15) is 0 Å². The van der Waals surface area contributed by atoms with Crippen LogP contribution in [0.15, 0.2) is 27.1 Å². The highest BCUT2D eigenvalue weighted by molar-refractivity contribution is 9.11. The third-order valence-corrected chi connectivity index (χ3v) is 3.49. The summed E-state index contributed by atoms with van der Waals surface area (Å²) in [7, 11) is 0. The molecule has 0 bridgehead atoms. The van der Waals surface area contributed by atoms with E-state index in [1.165, 1.54) is 0 Å². The first kappa shape index (κ1) is 15.0. The number of ether oxygens (including phenoxy) is 1. The number of nitrogens with two attached hydrogens (primary N) is 1. The lowest BCUT2D eigenvalue weighted by Crippen LogP contribution is -2.12. The molecule has 2 rings (SSSR count). The Bertz CT molecular complexity index is 601. The monoisotopic (exact) mass is 401 g/mol. The summed E-state index contributed by atoms with van der Waals surface area (Å²) in [5, 5.41) is 3.08. The SMILES string of the molecule is CC(C)Oc1nc(N)nc(Nc2c(Br)cccc2Br)n1. The Hall–Kier alpha value is -1.41. The number of rotatable bonds is 4. The van der Waals surface area contributed by atoms with Gasteiger partial charge in [-0.15, -0.1) is 0 Å². The molecule has 1 heterocycles. The number of hydrogen-bond acceptors (Lipinski definition) is 6. The van der Waals surface area contributed by atoms with Crippen molar-refractivity contribution in [1.82, 2.24) is 15.0 Å². The molecule has 2 aromatic rings.